The molecule has 2 fully saturated rings. The largest absolute Gasteiger partial charge is 0.303 e. The van der Waals surface area contributed by atoms with E-state index in [1.165, 1.54) is 5.56 Å². The summed E-state index contributed by atoms with van der Waals surface area (Å²) in [7, 11) is 0. The number of hydrogen-bond acceptors (Lipinski definition) is 4. The Labute approximate surface area is 124 Å². The summed E-state index contributed by atoms with van der Waals surface area (Å²) in [5.74, 6) is -0.342. The van der Waals surface area contributed by atoms with Gasteiger partial charge >= 0.3 is 0 Å². The van der Waals surface area contributed by atoms with Crippen molar-refractivity contribution >= 4 is 11.8 Å². The van der Waals surface area contributed by atoms with Gasteiger partial charge in [0.2, 0.25) is 11.8 Å². The highest BCUT2D eigenvalue weighted by molar-refractivity contribution is 6.05. The van der Waals surface area contributed by atoms with E-state index in [1.807, 2.05) is 6.07 Å². The van der Waals surface area contributed by atoms with Crippen LogP contribution in [0.1, 0.15) is 24.8 Å². The second kappa shape index (κ2) is 6.37. The monoisotopic (exact) mass is 287 g/mol. The van der Waals surface area contributed by atoms with E-state index in [9.17, 15) is 9.59 Å². The van der Waals surface area contributed by atoms with Crippen molar-refractivity contribution in [2.75, 3.05) is 13.1 Å². The number of carbonyl (C=O) groups is 2. The van der Waals surface area contributed by atoms with Gasteiger partial charge in [0.1, 0.15) is 0 Å². The van der Waals surface area contributed by atoms with E-state index in [0.717, 1.165) is 32.5 Å². The van der Waals surface area contributed by atoms with Crippen LogP contribution in [0.15, 0.2) is 30.3 Å². The fourth-order valence-electron chi connectivity index (χ4n) is 3.07. The van der Waals surface area contributed by atoms with Crippen LogP contribution < -0.4 is 10.6 Å². The number of rotatable bonds is 4. The van der Waals surface area contributed by atoms with Crippen molar-refractivity contribution in [1.82, 2.24) is 15.5 Å². The Morgan fingerprint density at radius 1 is 1.14 bits per heavy atom. The van der Waals surface area contributed by atoms with Crippen molar-refractivity contribution < 1.29 is 9.59 Å². The van der Waals surface area contributed by atoms with E-state index in [-0.39, 0.29) is 24.3 Å². The number of piperidine rings is 1. The number of likely N-dealkylation sites (tertiary alicyclic amines) is 1. The molecule has 2 aliphatic rings. The maximum absolute atomic E-state index is 11.6. The summed E-state index contributed by atoms with van der Waals surface area (Å²) in [6, 6.07) is 10.5. The summed E-state index contributed by atoms with van der Waals surface area (Å²) in [4.78, 5) is 25.2. The molecule has 2 heterocycles. The molecule has 1 aromatic rings. The molecule has 5 heteroatoms. The fourth-order valence-corrected chi connectivity index (χ4v) is 3.07. The van der Waals surface area contributed by atoms with Crippen molar-refractivity contribution in [2.24, 2.45) is 0 Å². The van der Waals surface area contributed by atoms with Gasteiger partial charge in [0.25, 0.3) is 0 Å². The average molecular weight is 287 g/mol. The zero-order valence-corrected chi connectivity index (χ0v) is 12.0. The first kappa shape index (κ1) is 14.2. The van der Waals surface area contributed by atoms with Crippen LogP contribution in [-0.2, 0) is 16.1 Å². The predicted octanol–water partition coefficient (Wildman–Crippen LogP) is 0.656. The lowest BCUT2D eigenvalue weighted by Gasteiger charge is -2.33. The molecule has 0 aromatic heterocycles. The van der Waals surface area contributed by atoms with E-state index in [4.69, 9.17) is 0 Å². The molecule has 21 heavy (non-hydrogen) atoms. The first-order valence-electron chi connectivity index (χ1n) is 7.57. The molecule has 0 saturated carbocycles. The van der Waals surface area contributed by atoms with Crippen LogP contribution in [0.5, 0.6) is 0 Å². The van der Waals surface area contributed by atoms with Gasteiger partial charge in [0, 0.05) is 12.6 Å². The summed E-state index contributed by atoms with van der Waals surface area (Å²) >= 11 is 0. The van der Waals surface area contributed by atoms with Crippen molar-refractivity contribution in [3.8, 4) is 0 Å². The fraction of sp³-hybridized carbons (Fsp3) is 0.500. The Hall–Kier alpha value is -1.72. The minimum atomic E-state index is -0.330. The number of nitrogens with zero attached hydrogens (tertiary/aromatic N) is 1. The molecule has 1 aromatic carbocycles. The lowest BCUT2D eigenvalue weighted by Crippen LogP contribution is -2.48. The number of hydrogen-bond donors (Lipinski definition) is 2. The van der Waals surface area contributed by atoms with Gasteiger partial charge in [-0.3, -0.25) is 19.8 Å². The molecule has 0 unspecified atom stereocenters. The molecule has 2 N–H and O–H groups in total. The van der Waals surface area contributed by atoms with Gasteiger partial charge in [-0.25, -0.2) is 0 Å². The normalized spacial score (nSPS) is 24.3. The number of nitrogens with one attached hydrogen (secondary N) is 2. The third-order valence-corrected chi connectivity index (χ3v) is 4.24. The molecular formula is C16H21N3O2. The number of carbonyl (C=O) groups excluding carboxylic acids is 2. The second-order valence-corrected chi connectivity index (χ2v) is 5.87. The minimum absolute atomic E-state index is 0.168. The molecule has 0 spiro atoms. The third-order valence-electron chi connectivity index (χ3n) is 4.24. The third kappa shape index (κ3) is 3.68. The zero-order chi connectivity index (χ0) is 14.7. The lowest BCUT2D eigenvalue weighted by atomic mass is 10.0. The molecule has 0 radical (unpaired) electrons. The highest BCUT2D eigenvalue weighted by Crippen LogP contribution is 2.15. The highest BCUT2D eigenvalue weighted by Gasteiger charge is 2.32. The zero-order valence-electron chi connectivity index (χ0n) is 12.0. The average Bonchev–Trinajstić information content (AvgIpc) is 2.80. The molecule has 5 nitrogen and oxygen atoms in total. The van der Waals surface area contributed by atoms with Crippen molar-refractivity contribution in [3.63, 3.8) is 0 Å². The number of amides is 2. The molecule has 0 bridgehead atoms. The Balaban J connectivity index is 1.45. The molecular weight excluding hydrogens is 266 g/mol. The van der Waals surface area contributed by atoms with Crippen LogP contribution in [0.2, 0.25) is 0 Å². The first-order valence-corrected chi connectivity index (χ1v) is 7.57. The van der Waals surface area contributed by atoms with E-state index >= 15 is 0 Å². The quantitative estimate of drug-likeness (QED) is 0.799. The predicted molar refractivity (Wildman–Crippen MR) is 79.4 cm³/mol. The van der Waals surface area contributed by atoms with Gasteiger partial charge in [-0.1, -0.05) is 30.3 Å². The molecule has 2 aliphatic heterocycles. The Morgan fingerprint density at radius 2 is 1.86 bits per heavy atom. The molecule has 0 aliphatic carbocycles. The van der Waals surface area contributed by atoms with Crippen LogP contribution in [0.3, 0.4) is 0 Å². The van der Waals surface area contributed by atoms with Crippen LogP contribution in [0.4, 0.5) is 0 Å². The molecule has 2 amide bonds. The van der Waals surface area contributed by atoms with Crippen molar-refractivity contribution in [2.45, 2.75) is 37.9 Å². The number of imide groups is 1. The van der Waals surface area contributed by atoms with Gasteiger partial charge in [0.15, 0.2) is 0 Å². The highest BCUT2D eigenvalue weighted by atomic mass is 16.2. The van der Waals surface area contributed by atoms with Crippen LogP contribution in [0, 0.1) is 0 Å². The van der Waals surface area contributed by atoms with Gasteiger partial charge in [-0.2, -0.15) is 0 Å². The number of benzene rings is 1. The smallest absolute Gasteiger partial charge is 0.244 e. The SMILES string of the molecule is O=C1C[C@H](NC2CCN(Cc3ccccc3)CC2)C(=O)N1. The first-order chi connectivity index (χ1) is 10.2. The second-order valence-electron chi connectivity index (χ2n) is 5.87. The van der Waals surface area contributed by atoms with Gasteiger partial charge in [-0.05, 0) is 31.5 Å². The van der Waals surface area contributed by atoms with Crippen LogP contribution in [0.25, 0.3) is 0 Å². The maximum Gasteiger partial charge on any atom is 0.244 e. The lowest BCUT2D eigenvalue weighted by molar-refractivity contribution is -0.125. The summed E-state index contributed by atoms with van der Waals surface area (Å²) in [6.45, 7) is 3.03. The van der Waals surface area contributed by atoms with Crippen LogP contribution in [-0.4, -0.2) is 41.9 Å². The summed E-state index contributed by atoms with van der Waals surface area (Å²) < 4.78 is 0. The van der Waals surface area contributed by atoms with Gasteiger partial charge in [0.05, 0.1) is 12.5 Å². The minimum Gasteiger partial charge on any atom is -0.303 e. The van der Waals surface area contributed by atoms with Crippen molar-refractivity contribution in [3.05, 3.63) is 35.9 Å². The maximum atomic E-state index is 11.6. The Kier molecular flexibility index (Phi) is 4.31. The van der Waals surface area contributed by atoms with Crippen LogP contribution >= 0.6 is 0 Å². The van der Waals surface area contributed by atoms with E-state index in [1.54, 1.807) is 0 Å². The molecule has 3 rings (SSSR count). The van der Waals surface area contributed by atoms with E-state index < -0.39 is 0 Å². The molecule has 1 atom stereocenters. The van der Waals surface area contributed by atoms with Gasteiger partial charge in [-0.15, -0.1) is 0 Å². The summed E-state index contributed by atoms with van der Waals surface area (Å²) in [6.07, 6.45) is 2.32. The van der Waals surface area contributed by atoms with E-state index in [2.05, 4.69) is 39.8 Å². The molecule has 2 saturated heterocycles. The van der Waals surface area contributed by atoms with Crippen molar-refractivity contribution in [1.29, 1.82) is 0 Å². The van der Waals surface area contributed by atoms with Gasteiger partial charge < -0.3 is 5.32 Å². The summed E-state index contributed by atoms with van der Waals surface area (Å²) in [5.41, 5.74) is 1.34. The molecule has 112 valence electrons. The van der Waals surface area contributed by atoms with E-state index in [0.29, 0.717) is 6.04 Å². The topological polar surface area (TPSA) is 61.4 Å². The standard InChI is InChI=1S/C16H21N3O2/c20-15-10-14(16(21)18-15)17-13-6-8-19(9-7-13)11-12-4-2-1-3-5-12/h1-5,13-14,17H,6-11H2,(H,18,20,21)/t14-/m0/s1. The Morgan fingerprint density at radius 3 is 2.48 bits per heavy atom. The Bertz CT molecular complexity index is 510. The summed E-state index contributed by atoms with van der Waals surface area (Å²) in [5, 5.41) is 5.67.